The summed E-state index contributed by atoms with van der Waals surface area (Å²) in [5, 5.41) is 9.60. The average molecular weight is 392 g/mol. The maximum Gasteiger partial charge on any atom is 0.272 e. The van der Waals surface area contributed by atoms with Crippen LogP contribution in [0, 0.1) is 5.82 Å². The molecule has 1 aromatic heterocycles. The molecular formula is C22H21FN4O2. The molecule has 1 aliphatic rings. The van der Waals surface area contributed by atoms with Crippen LogP contribution in [0.1, 0.15) is 33.7 Å². The summed E-state index contributed by atoms with van der Waals surface area (Å²) in [4.78, 5) is 27.0. The molecule has 4 rings (SSSR count). The molecule has 2 aromatic carbocycles. The molecule has 1 atom stereocenters. The largest absolute Gasteiger partial charge is 0.339 e. The molecule has 2 N–H and O–H groups in total. The topological polar surface area (TPSA) is 78.1 Å². The van der Waals surface area contributed by atoms with Crippen molar-refractivity contribution in [1.29, 1.82) is 0 Å². The van der Waals surface area contributed by atoms with Crippen molar-refractivity contribution in [2.24, 2.45) is 0 Å². The number of para-hydroxylation sites is 1. The van der Waals surface area contributed by atoms with Crippen molar-refractivity contribution in [2.45, 2.75) is 25.3 Å². The first-order valence-corrected chi connectivity index (χ1v) is 9.47. The highest BCUT2D eigenvalue weighted by Crippen LogP contribution is 2.25. The van der Waals surface area contributed by atoms with Crippen LogP contribution in [0.2, 0.25) is 0 Å². The van der Waals surface area contributed by atoms with E-state index >= 15 is 0 Å². The van der Waals surface area contributed by atoms with Gasteiger partial charge in [-0.05, 0) is 42.2 Å². The molecule has 0 radical (unpaired) electrons. The Morgan fingerprint density at radius 1 is 1.24 bits per heavy atom. The number of hydrogen-bond acceptors (Lipinski definition) is 3. The van der Waals surface area contributed by atoms with Gasteiger partial charge in [-0.1, -0.05) is 36.4 Å². The van der Waals surface area contributed by atoms with Crippen molar-refractivity contribution >= 4 is 17.5 Å². The molecule has 0 unspecified atom stereocenters. The summed E-state index contributed by atoms with van der Waals surface area (Å²) in [6, 6.07) is 15.1. The van der Waals surface area contributed by atoms with Crippen molar-refractivity contribution < 1.29 is 14.0 Å². The second-order valence-corrected chi connectivity index (χ2v) is 7.14. The molecule has 0 bridgehead atoms. The maximum atomic E-state index is 13.8. The predicted octanol–water partition coefficient (Wildman–Crippen LogP) is 2.85. The summed E-state index contributed by atoms with van der Waals surface area (Å²) in [5.74, 6) is -0.899. The van der Waals surface area contributed by atoms with Gasteiger partial charge in [-0.3, -0.25) is 14.7 Å². The first-order valence-electron chi connectivity index (χ1n) is 9.47. The highest BCUT2D eigenvalue weighted by Gasteiger charge is 2.29. The van der Waals surface area contributed by atoms with Gasteiger partial charge in [0.25, 0.3) is 5.91 Å². The van der Waals surface area contributed by atoms with E-state index in [9.17, 15) is 14.0 Å². The van der Waals surface area contributed by atoms with E-state index in [1.807, 2.05) is 24.3 Å². The fourth-order valence-corrected chi connectivity index (χ4v) is 3.61. The third-order valence-corrected chi connectivity index (χ3v) is 5.19. The van der Waals surface area contributed by atoms with Gasteiger partial charge in [0.05, 0.1) is 0 Å². The Hall–Kier alpha value is -3.48. The van der Waals surface area contributed by atoms with Gasteiger partial charge in [-0.15, -0.1) is 0 Å². The molecule has 0 saturated heterocycles. The lowest BCUT2D eigenvalue weighted by atomic mass is 10.1. The number of halogens is 1. The standard InChI is InChI=1S/C22H21FN4O2/c1-27-20-9-5-3-6-14(20)10-11-18(22(27)29)24-21(28)19-13-16(25-26-19)12-15-7-2-4-8-17(15)23/h2-9,13,18H,10-12H2,1H3,(H,24,28)(H,25,26)/t18-/m0/s1. The number of rotatable bonds is 4. The van der Waals surface area contributed by atoms with Gasteiger partial charge in [0.1, 0.15) is 17.6 Å². The lowest BCUT2D eigenvalue weighted by molar-refractivity contribution is -0.120. The molecule has 0 aliphatic carbocycles. The smallest absolute Gasteiger partial charge is 0.272 e. The summed E-state index contributed by atoms with van der Waals surface area (Å²) in [6.07, 6.45) is 1.50. The fourth-order valence-electron chi connectivity index (χ4n) is 3.61. The molecule has 7 heteroatoms. The molecule has 0 fully saturated rings. The van der Waals surface area contributed by atoms with Gasteiger partial charge < -0.3 is 10.2 Å². The molecule has 0 spiro atoms. The number of benzene rings is 2. The lowest BCUT2D eigenvalue weighted by Crippen LogP contribution is -2.46. The van der Waals surface area contributed by atoms with Crippen molar-refractivity contribution in [1.82, 2.24) is 15.5 Å². The number of hydrogen-bond donors (Lipinski definition) is 2. The first-order chi connectivity index (χ1) is 14.0. The van der Waals surface area contributed by atoms with E-state index < -0.39 is 11.9 Å². The Balaban J connectivity index is 1.45. The van der Waals surface area contributed by atoms with Crippen LogP contribution in [-0.2, 0) is 17.6 Å². The van der Waals surface area contributed by atoms with Crippen LogP contribution in [0.15, 0.2) is 54.6 Å². The van der Waals surface area contributed by atoms with Crippen LogP contribution in [0.25, 0.3) is 0 Å². The van der Waals surface area contributed by atoms with Gasteiger partial charge >= 0.3 is 0 Å². The van der Waals surface area contributed by atoms with Crippen LogP contribution in [-0.4, -0.2) is 35.1 Å². The number of nitrogens with zero attached hydrogens (tertiary/aromatic N) is 2. The third-order valence-electron chi connectivity index (χ3n) is 5.19. The zero-order valence-electron chi connectivity index (χ0n) is 16.0. The van der Waals surface area contributed by atoms with Crippen LogP contribution in [0.5, 0.6) is 0 Å². The summed E-state index contributed by atoms with van der Waals surface area (Å²) in [5.41, 5.74) is 3.25. The van der Waals surface area contributed by atoms with E-state index in [0.717, 1.165) is 11.3 Å². The molecule has 148 valence electrons. The maximum absolute atomic E-state index is 13.8. The van der Waals surface area contributed by atoms with Crippen LogP contribution in [0.4, 0.5) is 10.1 Å². The van der Waals surface area contributed by atoms with Gasteiger partial charge in [-0.25, -0.2) is 4.39 Å². The number of amides is 2. The van der Waals surface area contributed by atoms with Gasteiger partial charge in [0.15, 0.2) is 0 Å². The van der Waals surface area contributed by atoms with Gasteiger partial charge in [0.2, 0.25) is 5.91 Å². The Morgan fingerprint density at radius 2 is 2.00 bits per heavy atom. The SMILES string of the molecule is CN1C(=O)[C@@H](NC(=O)c2cc(Cc3ccccc3F)[nH]n2)CCc2ccccc21. The molecule has 29 heavy (non-hydrogen) atoms. The number of nitrogens with one attached hydrogen (secondary N) is 2. The minimum absolute atomic E-state index is 0.162. The molecular weight excluding hydrogens is 371 g/mol. The van der Waals surface area contributed by atoms with Crippen molar-refractivity contribution in [3.8, 4) is 0 Å². The van der Waals surface area contributed by atoms with E-state index in [0.29, 0.717) is 30.5 Å². The number of fused-ring (bicyclic) bond motifs is 1. The Labute approximate surface area is 167 Å². The number of anilines is 1. The van der Waals surface area contributed by atoms with Crippen LogP contribution in [0.3, 0.4) is 0 Å². The first kappa shape index (κ1) is 18.9. The molecule has 6 nitrogen and oxygen atoms in total. The summed E-state index contributed by atoms with van der Waals surface area (Å²) >= 11 is 0. The monoisotopic (exact) mass is 392 g/mol. The number of likely N-dealkylation sites (N-methyl/N-ethyl adjacent to an activating group) is 1. The number of H-pyrrole nitrogens is 1. The minimum atomic E-state index is -0.633. The number of aryl methyl sites for hydroxylation is 1. The normalized spacial score (nSPS) is 16.3. The number of aromatic nitrogens is 2. The lowest BCUT2D eigenvalue weighted by Gasteiger charge is -2.21. The van der Waals surface area contributed by atoms with E-state index in [2.05, 4.69) is 15.5 Å². The summed E-state index contributed by atoms with van der Waals surface area (Å²) in [7, 11) is 1.71. The summed E-state index contributed by atoms with van der Waals surface area (Å²) < 4.78 is 13.8. The van der Waals surface area contributed by atoms with Crippen molar-refractivity contribution in [3.63, 3.8) is 0 Å². The number of aromatic amines is 1. The van der Waals surface area contributed by atoms with E-state index in [4.69, 9.17) is 0 Å². The molecule has 2 heterocycles. The second kappa shape index (κ2) is 7.87. The van der Waals surface area contributed by atoms with Gasteiger partial charge in [-0.2, -0.15) is 5.10 Å². The van der Waals surface area contributed by atoms with Crippen LogP contribution < -0.4 is 10.2 Å². The Morgan fingerprint density at radius 3 is 2.83 bits per heavy atom. The van der Waals surface area contributed by atoms with E-state index in [1.165, 1.54) is 6.07 Å². The number of carbonyl (C=O) groups excluding carboxylic acids is 2. The van der Waals surface area contributed by atoms with E-state index in [1.54, 1.807) is 36.2 Å². The predicted molar refractivity (Wildman–Crippen MR) is 107 cm³/mol. The average Bonchev–Trinajstić information content (AvgIpc) is 3.16. The Bertz CT molecular complexity index is 1060. The second-order valence-electron chi connectivity index (χ2n) is 7.14. The molecule has 3 aromatic rings. The molecule has 0 saturated carbocycles. The zero-order valence-corrected chi connectivity index (χ0v) is 16.0. The highest BCUT2D eigenvalue weighted by atomic mass is 19.1. The quantitative estimate of drug-likeness (QED) is 0.717. The molecule has 2 amide bonds. The summed E-state index contributed by atoms with van der Waals surface area (Å²) in [6.45, 7) is 0. The van der Waals surface area contributed by atoms with Crippen molar-refractivity contribution in [2.75, 3.05) is 11.9 Å². The highest BCUT2D eigenvalue weighted by molar-refractivity contribution is 6.02. The zero-order chi connectivity index (χ0) is 20.4. The van der Waals surface area contributed by atoms with Crippen molar-refractivity contribution in [3.05, 3.63) is 82.9 Å². The van der Waals surface area contributed by atoms with Gasteiger partial charge in [0, 0.05) is 24.8 Å². The Kier molecular flexibility index (Phi) is 5.12. The fraction of sp³-hybridized carbons (Fsp3) is 0.227. The van der Waals surface area contributed by atoms with Crippen LogP contribution >= 0.6 is 0 Å². The molecule has 1 aliphatic heterocycles. The minimum Gasteiger partial charge on any atom is -0.339 e. The number of carbonyl (C=O) groups is 2. The third kappa shape index (κ3) is 3.89. The van der Waals surface area contributed by atoms with E-state index in [-0.39, 0.29) is 17.4 Å².